The SMILES string of the molecule is CCCNC(=O)c1nn(CC)cc1NC(=O)c1n[nH]c(Br)c1Br. The molecule has 0 aromatic carbocycles. The molecule has 2 aromatic rings. The molecule has 0 aliphatic rings. The molecular formula is C13H16Br2N6O2. The summed E-state index contributed by atoms with van der Waals surface area (Å²) in [6.45, 7) is 4.99. The Labute approximate surface area is 149 Å². The number of hydrogen-bond donors (Lipinski definition) is 3. The third kappa shape index (κ3) is 3.99. The third-order valence-electron chi connectivity index (χ3n) is 2.97. The van der Waals surface area contributed by atoms with Crippen LogP contribution in [0.15, 0.2) is 15.3 Å². The summed E-state index contributed by atoms with van der Waals surface area (Å²) < 4.78 is 2.66. The largest absolute Gasteiger partial charge is 0.351 e. The van der Waals surface area contributed by atoms with Crippen LogP contribution in [0.5, 0.6) is 0 Å². The summed E-state index contributed by atoms with van der Waals surface area (Å²) in [7, 11) is 0. The maximum Gasteiger partial charge on any atom is 0.277 e. The van der Waals surface area contributed by atoms with E-state index in [1.807, 2.05) is 13.8 Å². The van der Waals surface area contributed by atoms with Gasteiger partial charge in [-0.1, -0.05) is 6.92 Å². The number of hydrogen-bond acceptors (Lipinski definition) is 4. The number of carbonyl (C=O) groups is 2. The summed E-state index contributed by atoms with van der Waals surface area (Å²) in [5.41, 5.74) is 0.705. The molecule has 124 valence electrons. The number of aromatic nitrogens is 4. The van der Waals surface area contributed by atoms with Crippen molar-refractivity contribution in [3.8, 4) is 0 Å². The predicted molar refractivity (Wildman–Crippen MR) is 92.5 cm³/mol. The fourth-order valence-electron chi connectivity index (χ4n) is 1.80. The predicted octanol–water partition coefficient (Wildman–Crippen LogP) is 2.54. The van der Waals surface area contributed by atoms with Gasteiger partial charge >= 0.3 is 0 Å². The zero-order chi connectivity index (χ0) is 17.0. The number of nitrogens with one attached hydrogen (secondary N) is 3. The van der Waals surface area contributed by atoms with Crippen LogP contribution in [-0.2, 0) is 6.54 Å². The number of rotatable bonds is 6. The third-order valence-corrected chi connectivity index (χ3v) is 4.84. The highest BCUT2D eigenvalue weighted by atomic mass is 79.9. The lowest BCUT2D eigenvalue weighted by atomic mass is 10.3. The van der Waals surface area contributed by atoms with Crippen molar-refractivity contribution in [1.82, 2.24) is 25.3 Å². The van der Waals surface area contributed by atoms with Crippen molar-refractivity contribution >= 4 is 49.4 Å². The van der Waals surface area contributed by atoms with E-state index in [0.717, 1.165) is 6.42 Å². The van der Waals surface area contributed by atoms with Gasteiger partial charge < -0.3 is 10.6 Å². The number of nitrogens with zero attached hydrogens (tertiary/aromatic N) is 3. The van der Waals surface area contributed by atoms with Crippen LogP contribution in [0.3, 0.4) is 0 Å². The second-order valence-corrected chi connectivity index (χ2v) is 6.24. The van der Waals surface area contributed by atoms with Gasteiger partial charge in [-0.3, -0.25) is 19.4 Å². The first-order valence-electron chi connectivity index (χ1n) is 7.04. The molecule has 0 fully saturated rings. The number of aromatic amines is 1. The van der Waals surface area contributed by atoms with Crippen molar-refractivity contribution in [3.05, 3.63) is 26.7 Å². The molecule has 0 spiro atoms. The molecule has 23 heavy (non-hydrogen) atoms. The Bertz CT molecular complexity index is 724. The molecule has 0 atom stereocenters. The van der Waals surface area contributed by atoms with Crippen molar-refractivity contribution in [2.75, 3.05) is 11.9 Å². The van der Waals surface area contributed by atoms with E-state index in [1.54, 1.807) is 10.9 Å². The van der Waals surface area contributed by atoms with E-state index in [-0.39, 0.29) is 17.3 Å². The lowest BCUT2D eigenvalue weighted by molar-refractivity contribution is 0.0948. The standard InChI is InChI=1S/C13H16Br2N6O2/c1-3-5-16-12(22)9-7(6-21(4-2)20-9)17-13(23)10-8(14)11(15)19-18-10/h6H,3-5H2,1-2H3,(H,16,22)(H,17,23)(H,18,19). The molecule has 2 aromatic heterocycles. The molecule has 3 N–H and O–H groups in total. The molecule has 10 heteroatoms. The van der Waals surface area contributed by atoms with Crippen LogP contribution in [0.4, 0.5) is 5.69 Å². The Morgan fingerprint density at radius 2 is 2.00 bits per heavy atom. The molecule has 0 radical (unpaired) electrons. The number of halogens is 2. The molecule has 2 rings (SSSR count). The number of carbonyl (C=O) groups excluding carboxylic acids is 2. The maximum atomic E-state index is 12.3. The van der Waals surface area contributed by atoms with Crippen LogP contribution >= 0.6 is 31.9 Å². The Balaban J connectivity index is 2.24. The van der Waals surface area contributed by atoms with E-state index in [2.05, 4.69) is 57.8 Å². The average Bonchev–Trinajstić information content (AvgIpc) is 3.09. The lowest BCUT2D eigenvalue weighted by Gasteiger charge is -2.04. The first-order valence-corrected chi connectivity index (χ1v) is 8.62. The fraction of sp³-hybridized carbons (Fsp3) is 0.385. The normalized spacial score (nSPS) is 10.6. The smallest absolute Gasteiger partial charge is 0.277 e. The summed E-state index contributed by atoms with van der Waals surface area (Å²) >= 11 is 6.49. The molecule has 0 saturated carbocycles. The monoisotopic (exact) mass is 446 g/mol. The van der Waals surface area contributed by atoms with Crippen LogP contribution in [0.2, 0.25) is 0 Å². The molecule has 8 nitrogen and oxygen atoms in total. The van der Waals surface area contributed by atoms with Crippen LogP contribution in [-0.4, -0.2) is 38.3 Å². The molecule has 2 amide bonds. The average molecular weight is 448 g/mol. The maximum absolute atomic E-state index is 12.3. The van der Waals surface area contributed by atoms with E-state index in [0.29, 0.717) is 27.9 Å². The van der Waals surface area contributed by atoms with Gasteiger partial charge in [-0.25, -0.2) is 0 Å². The van der Waals surface area contributed by atoms with Crippen LogP contribution in [0, 0.1) is 0 Å². The van der Waals surface area contributed by atoms with Gasteiger partial charge in [0.05, 0.1) is 10.2 Å². The number of H-pyrrole nitrogens is 1. The van der Waals surface area contributed by atoms with Crippen molar-refractivity contribution in [1.29, 1.82) is 0 Å². The Morgan fingerprint density at radius 1 is 1.26 bits per heavy atom. The summed E-state index contributed by atoms with van der Waals surface area (Å²) in [6.07, 6.45) is 2.44. The van der Waals surface area contributed by atoms with Crippen molar-refractivity contribution in [3.63, 3.8) is 0 Å². The van der Waals surface area contributed by atoms with Gasteiger partial charge in [-0.05, 0) is 45.2 Å². The summed E-state index contributed by atoms with van der Waals surface area (Å²) in [6, 6.07) is 0. The second-order valence-electron chi connectivity index (χ2n) is 4.66. The van der Waals surface area contributed by atoms with E-state index >= 15 is 0 Å². The van der Waals surface area contributed by atoms with Gasteiger partial charge in [-0.15, -0.1) is 0 Å². The van der Waals surface area contributed by atoms with Crippen LogP contribution in [0.1, 0.15) is 41.2 Å². The highest BCUT2D eigenvalue weighted by Crippen LogP contribution is 2.25. The number of anilines is 1. The van der Waals surface area contributed by atoms with E-state index in [1.165, 1.54) is 0 Å². The molecular weight excluding hydrogens is 432 g/mol. The van der Waals surface area contributed by atoms with Gasteiger partial charge in [0, 0.05) is 19.3 Å². The Morgan fingerprint density at radius 3 is 2.57 bits per heavy atom. The zero-order valence-electron chi connectivity index (χ0n) is 12.6. The number of aryl methyl sites for hydroxylation is 1. The summed E-state index contributed by atoms with van der Waals surface area (Å²) in [4.78, 5) is 24.5. The van der Waals surface area contributed by atoms with E-state index in [4.69, 9.17) is 0 Å². The van der Waals surface area contributed by atoms with Crippen molar-refractivity contribution < 1.29 is 9.59 Å². The second kappa shape index (κ2) is 7.73. The minimum atomic E-state index is -0.445. The summed E-state index contributed by atoms with van der Waals surface area (Å²) in [5, 5.41) is 16.2. The molecule has 0 saturated heterocycles. The molecule has 2 heterocycles. The van der Waals surface area contributed by atoms with Gasteiger partial charge in [0.2, 0.25) is 0 Å². The van der Waals surface area contributed by atoms with Crippen molar-refractivity contribution in [2.45, 2.75) is 26.8 Å². The molecule has 0 aliphatic carbocycles. The topological polar surface area (TPSA) is 105 Å². The summed E-state index contributed by atoms with van der Waals surface area (Å²) in [5.74, 6) is -0.768. The van der Waals surface area contributed by atoms with Gasteiger partial charge in [0.1, 0.15) is 4.60 Å². The quantitative estimate of drug-likeness (QED) is 0.632. The zero-order valence-corrected chi connectivity index (χ0v) is 15.8. The van der Waals surface area contributed by atoms with Gasteiger partial charge in [-0.2, -0.15) is 10.2 Å². The van der Waals surface area contributed by atoms with Crippen molar-refractivity contribution in [2.24, 2.45) is 0 Å². The van der Waals surface area contributed by atoms with Gasteiger partial charge in [0.25, 0.3) is 11.8 Å². The molecule has 0 bridgehead atoms. The first kappa shape index (κ1) is 17.7. The molecule has 0 unspecified atom stereocenters. The Kier molecular flexibility index (Phi) is 5.94. The van der Waals surface area contributed by atoms with Crippen LogP contribution < -0.4 is 10.6 Å². The first-order chi connectivity index (χ1) is 11.0. The fourth-order valence-corrected chi connectivity index (χ4v) is 2.44. The number of amides is 2. The highest BCUT2D eigenvalue weighted by Gasteiger charge is 2.22. The van der Waals surface area contributed by atoms with E-state index in [9.17, 15) is 9.59 Å². The van der Waals surface area contributed by atoms with Gasteiger partial charge in [0.15, 0.2) is 11.4 Å². The minimum Gasteiger partial charge on any atom is -0.351 e. The highest BCUT2D eigenvalue weighted by molar-refractivity contribution is 9.13. The van der Waals surface area contributed by atoms with Crippen LogP contribution in [0.25, 0.3) is 0 Å². The Hall–Kier alpha value is -1.68. The minimum absolute atomic E-state index is 0.180. The molecule has 0 aliphatic heterocycles. The lowest BCUT2D eigenvalue weighted by Crippen LogP contribution is -2.26. The van der Waals surface area contributed by atoms with E-state index < -0.39 is 5.91 Å².